The van der Waals surface area contributed by atoms with Gasteiger partial charge in [0, 0.05) is 12.5 Å². The predicted octanol–water partition coefficient (Wildman–Crippen LogP) is 5.86. The van der Waals surface area contributed by atoms with Crippen molar-refractivity contribution >= 4 is 18.4 Å². The molecule has 160 valence electrons. The highest BCUT2D eigenvalue weighted by Crippen LogP contribution is 2.43. The molecule has 0 aliphatic rings. The average molecular weight is 418 g/mol. The number of hydrogen-bond donors (Lipinski definition) is 0. The van der Waals surface area contributed by atoms with Crippen LogP contribution in [0.3, 0.4) is 0 Å². The van der Waals surface area contributed by atoms with Crippen molar-refractivity contribution in [2.24, 2.45) is 0 Å². The fraction of sp³-hybridized carbons (Fsp3) is 0.480. The number of rotatable bonds is 10. The van der Waals surface area contributed by atoms with E-state index in [1.165, 1.54) is 11.1 Å². The Kier molecular flexibility index (Phi) is 10.4. The highest BCUT2D eigenvalue weighted by Gasteiger charge is 2.44. The van der Waals surface area contributed by atoms with E-state index < -0.39 is 5.41 Å². The average Bonchev–Trinajstić information content (AvgIpc) is 2.71. The minimum atomic E-state index is -0.398. The van der Waals surface area contributed by atoms with Gasteiger partial charge in [-0.3, -0.25) is 4.79 Å². The maximum atomic E-state index is 12.5. The van der Waals surface area contributed by atoms with Gasteiger partial charge in [-0.05, 0) is 51.4 Å². The van der Waals surface area contributed by atoms with Crippen molar-refractivity contribution in [2.75, 3.05) is 14.1 Å². The molecule has 0 saturated heterocycles. The molecule has 0 N–H and O–H groups in total. The van der Waals surface area contributed by atoms with Crippen molar-refractivity contribution < 1.29 is 9.53 Å². The Labute approximate surface area is 182 Å². The molecular weight excluding hydrogens is 382 g/mol. The van der Waals surface area contributed by atoms with Crippen molar-refractivity contribution in [1.29, 1.82) is 0 Å². The molecule has 0 aliphatic heterocycles. The quantitative estimate of drug-likeness (QED) is 0.453. The fourth-order valence-corrected chi connectivity index (χ4v) is 3.98. The summed E-state index contributed by atoms with van der Waals surface area (Å²) in [6.45, 7) is 6.37. The second-order valence-electron chi connectivity index (χ2n) is 7.86. The molecular formula is C25H36ClNO2. The van der Waals surface area contributed by atoms with Crippen LogP contribution in [0, 0.1) is 0 Å². The number of carbonyl (C=O) groups is 1. The summed E-state index contributed by atoms with van der Waals surface area (Å²) >= 11 is 0. The minimum Gasteiger partial charge on any atom is -0.461 e. The zero-order valence-corrected chi connectivity index (χ0v) is 19.2. The summed E-state index contributed by atoms with van der Waals surface area (Å²) in [7, 11) is 4.21. The normalized spacial score (nSPS) is 13.4. The molecule has 0 fully saturated rings. The first-order valence-corrected chi connectivity index (χ1v) is 10.4. The SMILES string of the molecule is CCCC(=O)OC(CC)C(C[C@H](C)N(C)C)(c1ccccc1)c1ccccc1.Cl. The first-order chi connectivity index (χ1) is 13.5. The number of hydrogen-bond acceptors (Lipinski definition) is 3. The molecule has 0 amide bonds. The lowest BCUT2D eigenvalue weighted by Gasteiger charge is -2.43. The Hall–Kier alpha value is -1.84. The third-order valence-electron chi connectivity index (χ3n) is 5.73. The van der Waals surface area contributed by atoms with E-state index in [-0.39, 0.29) is 24.5 Å². The summed E-state index contributed by atoms with van der Waals surface area (Å²) in [6, 6.07) is 21.4. The van der Waals surface area contributed by atoms with E-state index in [0.29, 0.717) is 12.5 Å². The number of esters is 1. The summed E-state index contributed by atoms with van der Waals surface area (Å²) in [6.07, 6.45) is 2.66. The van der Waals surface area contributed by atoms with Crippen LogP contribution in [0.2, 0.25) is 0 Å². The van der Waals surface area contributed by atoms with E-state index in [4.69, 9.17) is 4.74 Å². The van der Waals surface area contributed by atoms with Crippen molar-refractivity contribution in [3.05, 3.63) is 71.8 Å². The number of benzene rings is 2. The Balaban J connectivity index is 0.00000420. The zero-order chi connectivity index (χ0) is 20.6. The van der Waals surface area contributed by atoms with E-state index >= 15 is 0 Å². The number of carbonyl (C=O) groups excluding carboxylic acids is 1. The summed E-state index contributed by atoms with van der Waals surface area (Å²) in [5, 5.41) is 0. The molecule has 0 heterocycles. The summed E-state index contributed by atoms with van der Waals surface area (Å²) in [5.41, 5.74) is 2.00. The Bertz CT molecular complexity index is 679. The van der Waals surface area contributed by atoms with Crippen LogP contribution in [0.15, 0.2) is 60.7 Å². The molecule has 0 aliphatic carbocycles. The molecule has 0 spiro atoms. The molecule has 1 unspecified atom stereocenters. The number of halogens is 1. The van der Waals surface area contributed by atoms with Gasteiger partial charge in [-0.1, -0.05) is 74.5 Å². The Morgan fingerprint density at radius 1 is 0.966 bits per heavy atom. The van der Waals surface area contributed by atoms with Crippen LogP contribution in [-0.2, 0) is 14.9 Å². The highest BCUT2D eigenvalue weighted by molar-refractivity contribution is 5.85. The standard InChI is InChI=1S/C25H35NO2.ClH/c1-6-14-24(27)28-23(7-2)25(19-20(3)26(4)5,21-15-10-8-11-16-21)22-17-12-9-13-18-22;/h8-13,15-18,20,23H,6-7,14,19H2,1-5H3;1H/t20-,23?;/m0./s1. The summed E-state index contributed by atoms with van der Waals surface area (Å²) < 4.78 is 6.14. The summed E-state index contributed by atoms with van der Waals surface area (Å²) in [4.78, 5) is 14.7. The van der Waals surface area contributed by atoms with Crippen molar-refractivity contribution in [2.45, 2.75) is 64.0 Å². The van der Waals surface area contributed by atoms with Gasteiger partial charge in [-0.2, -0.15) is 0 Å². The van der Waals surface area contributed by atoms with Crippen molar-refractivity contribution in [1.82, 2.24) is 4.90 Å². The van der Waals surface area contributed by atoms with Crippen LogP contribution in [-0.4, -0.2) is 37.1 Å². The van der Waals surface area contributed by atoms with Gasteiger partial charge in [0.1, 0.15) is 6.10 Å². The molecule has 2 aromatic rings. The highest BCUT2D eigenvalue weighted by atomic mass is 35.5. The molecule has 2 atom stereocenters. The molecule has 3 nitrogen and oxygen atoms in total. The van der Waals surface area contributed by atoms with Crippen LogP contribution in [0.1, 0.15) is 57.6 Å². The fourth-order valence-electron chi connectivity index (χ4n) is 3.98. The van der Waals surface area contributed by atoms with Gasteiger partial charge in [0.25, 0.3) is 0 Å². The molecule has 2 aromatic carbocycles. The lowest BCUT2D eigenvalue weighted by molar-refractivity contribution is -0.152. The van der Waals surface area contributed by atoms with Crippen LogP contribution in [0.4, 0.5) is 0 Å². The second kappa shape index (κ2) is 12.0. The van der Waals surface area contributed by atoms with E-state index in [1.54, 1.807) is 0 Å². The lowest BCUT2D eigenvalue weighted by atomic mass is 9.66. The summed E-state index contributed by atoms with van der Waals surface area (Å²) in [5.74, 6) is -0.108. The van der Waals surface area contributed by atoms with Gasteiger partial charge in [-0.15, -0.1) is 12.4 Å². The van der Waals surface area contributed by atoms with Gasteiger partial charge in [0.2, 0.25) is 0 Å². The maximum Gasteiger partial charge on any atom is 0.306 e. The van der Waals surface area contributed by atoms with E-state index in [0.717, 1.165) is 19.3 Å². The van der Waals surface area contributed by atoms with Crippen LogP contribution in [0.5, 0.6) is 0 Å². The third-order valence-corrected chi connectivity index (χ3v) is 5.73. The zero-order valence-electron chi connectivity index (χ0n) is 18.4. The minimum absolute atomic E-state index is 0. The van der Waals surface area contributed by atoms with E-state index in [1.807, 2.05) is 19.1 Å². The maximum absolute atomic E-state index is 12.5. The monoisotopic (exact) mass is 417 g/mol. The first-order valence-electron chi connectivity index (χ1n) is 10.4. The van der Waals surface area contributed by atoms with Crippen LogP contribution >= 0.6 is 12.4 Å². The van der Waals surface area contributed by atoms with Crippen LogP contribution < -0.4 is 0 Å². The Morgan fingerprint density at radius 3 is 1.83 bits per heavy atom. The van der Waals surface area contributed by atoms with Gasteiger partial charge in [0.15, 0.2) is 0 Å². The molecule has 0 aromatic heterocycles. The first kappa shape index (κ1) is 25.2. The van der Waals surface area contributed by atoms with Crippen LogP contribution in [0.25, 0.3) is 0 Å². The van der Waals surface area contributed by atoms with Gasteiger partial charge >= 0.3 is 5.97 Å². The van der Waals surface area contributed by atoms with Crippen molar-refractivity contribution in [3.8, 4) is 0 Å². The van der Waals surface area contributed by atoms with E-state index in [9.17, 15) is 4.79 Å². The number of ether oxygens (including phenoxy) is 1. The van der Waals surface area contributed by atoms with Gasteiger partial charge in [0.05, 0.1) is 5.41 Å². The molecule has 2 rings (SSSR count). The van der Waals surface area contributed by atoms with Gasteiger partial charge in [-0.25, -0.2) is 0 Å². The largest absolute Gasteiger partial charge is 0.461 e. The third kappa shape index (κ3) is 6.07. The second-order valence-corrected chi connectivity index (χ2v) is 7.86. The van der Waals surface area contributed by atoms with E-state index in [2.05, 4.69) is 81.4 Å². The smallest absolute Gasteiger partial charge is 0.306 e. The topological polar surface area (TPSA) is 29.5 Å². The molecule has 0 radical (unpaired) electrons. The van der Waals surface area contributed by atoms with Gasteiger partial charge < -0.3 is 9.64 Å². The Morgan fingerprint density at radius 2 is 1.45 bits per heavy atom. The molecule has 0 bridgehead atoms. The molecule has 0 saturated carbocycles. The number of nitrogens with zero attached hydrogens (tertiary/aromatic N) is 1. The van der Waals surface area contributed by atoms with Crippen molar-refractivity contribution in [3.63, 3.8) is 0 Å². The molecule has 4 heteroatoms. The lowest BCUT2D eigenvalue weighted by Crippen LogP contribution is -2.47. The molecule has 29 heavy (non-hydrogen) atoms. The predicted molar refractivity (Wildman–Crippen MR) is 124 cm³/mol.